The summed E-state index contributed by atoms with van der Waals surface area (Å²) in [5.74, 6) is -1.84. The number of amides is 4. The van der Waals surface area contributed by atoms with Gasteiger partial charge in [0.15, 0.2) is 5.92 Å². The molecule has 1 atom stereocenters. The second-order valence-electron chi connectivity index (χ2n) is 6.55. The fourth-order valence-electron chi connectivity index (χ4n) is 3.04. The van der Waals surface area contributed by atoms with Gasteiger partial charge in [-0.3, -0.25) is 19.9 Å². The van der Waals surface area contributed by atoms with E-state index < -0.39 is 23.8 Å². The second kappa shape index (κ2) is 8.04. The smallest absolute Gasteiger partial charge is 0.335 e. The van der Waals surface area contributed by atoms with Gasteiger partial charge >= 0.3 is 6.03 Å². The average Bonchev–Trinajstić information content (AvgIpc) is 2.66. The van der Waals surface area contributed by atoms with Crippen LogP contribution in [-0.2, 0) is 16.1 Å². The van der Waals surface area contributed by atoms with Gasteiger partial charge in [0, 0.05) is 5.71 Å². The average molecular weight is 379 g/mol. The molecule has 0 bridgehead atoms. The van der Waals surface area contributed by atoms with E-state index >= 15 is 0 Å². The van der Waals surface area contributed by atoms with Crippen molar-refractivity contribution in [2.75, 3.05) is 12.0 Å². The molecule has 1 saturated heterocycles. The summed E-state index contributed by atoms with van der Waals surface area (Å²) in [5.41, 5.74) is 2.79. The van der Waals surface area contributed by atoms with Crippen LogP contribution < -0.4 is 15.0 Å². The first kappa shape index (κ1) is 19.3. The molecule has 1 fully saturated rings. The highest BCUT2D eigenvalue weighted by atomic mass is 16.5. The van der Waals surface area contributed by atoms with E-state index in [0.29, 0.717) is 23.7 Å². The number of aryl methyl sites for hydroxylation is 1. The van der Waals surface area contributed by atoms with Crippen molar-refractivity contribution in [3.05, 3.63) is 59.7 Å². The molecule has 2 aromatic carbocycles. The minimum atomic E-state index is -1.15. The summed E-state index contributed by atoms with van der Waals surface area (Å²) in [6.45, 7) is 3.96. The maximum atomic E-state index is 12.9. The number of methoxy groups -OCH3 is 1. The van der Waals surface area contributed by atoms with Crippen molar-refractivity contribution in [2.24, 2.45) is 10.9 Å². The molecule has 28 heavy (non-hydrogen) atoms. The molecule has 7 nitrogen and oxygen atoms in total. The number of carbonyl (C=O) groups excluding carboxylic acids is 3. The molecule has 1 unspecified atom stereocenters. The Morgan fingerprint density at radius 1 is 1.14 bits per heavy atom. The summed E-state index contributed by atoms with van der Waals surface area (Å²) in [7, 11) is 1.52. The van der Waals surface area contributed by atoms with Gasteiger partial charge in [-0.2, -0.15) is 0 Å². The van der Waals surface area contributed by atoms with Crippen LogP contribution in [0.3, 0.4) is 0 Å². The largest absolute Gasteiger partial charge is 0.497 e. The van der Waals surface area contributed by atoms with Crippen LogP contribution in [0.5, 0.6) is 5.75 Å². The molecule has 3 rings (SSSR count). The van der Waals surface area contributed by atoms with E-state index in [9.17, 15) is 14.4 Å². The lowest BCUT2D eigenvalue weighted by atomic mass is 9.99. The first-order chi connectivity index (χ1) is 13.4. The van der Waals surface area contributed by atoms with E-state index in [-0.39, 0.29) is 0 Å². The number of carbonyl (C=O) groups is 3. The molecule has 0 aliphatic carbocycles. The fourth-order valence-corrected chi connectivity index (χ4v) is 3.04. The number of nitrogens with zero attached hydrogens (tertiary/aromatic N) is 2. The molecule has 1 aliphatic rings. The van der Waals surface area contributed by atoms with Crippen molar-refractivity contribution in [3.8, 4) is 5.75 Å². The third-order valence-corrected chi connectivity index (χ3v) is 4.50. The Bertz CT molecular complexity index is 950. The summed E-state index contributed by atoms with van der Waals surface area (Å²) in [5, 5.41) is 2.24. The van der Waals surface area contributed by atoms with Crippen molar-refractivity contribution in [2.45, 2.75) is 20.4 Å². The summed E-state index contributed by atoms with van der Waals surface area (Å²) in [6.07, 6.45) is 0. The third kappa shape index (κ3) is 3.93. The number of benzene rings is 2. The summed E-state index contributed by atoms with van der Waals surface area (Å²) in [6, 6.07) is 13.5. The normalized spacial score (nSPS) is 17.5. The fraction of sp³-hybridized carbons (Fsp3) is 0.238. The van der Waals surface area contributed by atoms with Crippen molar-refractivity contribution < 1.29 is 19.1 Å². The molecule has 1 aliphatic heterocycles. The number of nitrogens with one attached hydrogen (secondary N) is 1. The molecule has 2 aromatic rings. The number of urea groups is 1. The predicted octanol–water partition coefficient (Wildman–Crippen LogP) is 2.86. The number of barbiturate groups is 1. The van der Waals surface area contributed by atoms with E-state index in [4.69, 9.17) is 4.74 Å². The minimum absolute atomic E-state index is 0.348. The molecule has 0 aromatic heterocycles. The van der Waals surface area contributed by atoms with Gasteiger partial charge < -0.3 is 4.74 Å². The van der Waals surface area contributed by atoms with Gasteiger partial charge in [0.2, 0.25) is 5.91 Å². The Balaban J connectivity index is 1.85. The Labute approximate surface area is 163 Å². The highest BCUT2D eigenvalue weighted by Crippen LogP contribution is 2.24. The van der Waals surface area contributed by atoms with Gasteiger partial charge in [-0.05, 0) is 43.7 Å². The van der Waals surface area contributed by atoms with Crippen molar-refractivity contribution in [1.29, 1.82) is 0 Å². The molecule has 0 spiro atoms. The number of anilines is 1. The van der Waals surface area contributed by atoms with E-state index in [1.165, 1.54) is 7.11 Å². The molecule has 1 heterocycles. The Kier molecular flexibility index (Phi) is 5.54. The monoisotopic (exact) mass is 379 g/mol. The number of imide groups is 2. The molecule has 1 N–H and O–H groups in total. The van der Waals surface area contributed by atoms with Crippen LogP contribution in [0.1, 0.15) is 18.1 Å². The summed E-state index contributed by atoms with van der Waals surface area (Å²) in [4.78, 5) is 42.9. The minimum Gasteiger partial charge on any atom is -0.497 e. The first-order valence-electron chi connectivity index (χ1n) is 8.80. The SMILES string of the molecule is COc1ccc(N2C(=O)NC(=O)C(C(C)=NCc3cccc(C)c3)C2=O)cc1. The lowest BCUT2D eigenvalue weighted by Crippen LogP contribution is -2.60. The Morgan fingerprint density at radius 2 is 1.86 bits per heavy atom. The zero-order valence-electron chi connectivity index (χ0n) is 15.9. The maximum Gasteiger partial charge on any atom is 0.335 e. The highest BCUT2D eigenvalue weighted by Gasteiger charge is 2.42. The number of aliphatic imine (C=N–C) groups is 1. The van der Waals surface area contributed by atoms with Crippen LogP contribution in [0.15, 0.2) is 53.5 Å². The number of rotatable bonds is 5. The van der Waals surface area contributed by atoms with E-state index in [2.05, 4.69) is 10.3 Å². The molecular formula is C21H21N3O4. The number of ether oxygens (including phenoxy) is 1. The van der Waals surface area contributed by atoms with Gasteiger partial charge in [-0.15, -0.1) is 0 Å². The zero-order chi connectivity index (χ0) is 20.3. The highest BCUT2D eigenvalue weighted by molar-refractivity contribution is 6.35. The third-order valence-electron chi connectivity index (χ3n) is 4.50. The van der Waals surface area contributed by atoms with Crippen LogP contribution in [0.25, 0.3) is 0 Å². The molecule has 0 saturated carbocycles. The van der Waals surface area contributed by atoms with Crippen LogP contribution >= 0.6 is 0 Å². The number of hydrogen-bond donors (Lipinski definition) is 1. The number of hydrogen-bond acceptors (Lipinski definition) is 5. The van der Waals surface area contributed by atoms with Crippen molar-refractivity contribution >= 4 is 29.2 Å². The summed E-state index contributed by atoms with van der Waals surface area (Å²) >= 11 is 0. The Hall–Kier alpha value is -3.48. The van der Waals surface area contributed by atoms with E-state index in [0.717, 1.165) is 16.0 Å². The molecule has 7 heteroatoms. The van der Waals surface area contributed by atoms with Crippen LogP contribution in [0.4, 0.5) is 10.5 Å². The molecule has 144 valence electrons. The maximum absolute atomic E-state index is 12.9. The van der Waals surface area contributed by atoms with E-state index in [1.807, 2.05) is 31.2 Å². The van der Waals surface area contributed by atoms with Crippen molar-refractivity contribution in [3.63, 3.8) is 0 Å². The predicted molar refractivity (Wildman–Crippen MR) is 106 cm³/mol. The van der Waals surface area contributed by atoms with Gasteiger partial charge in [0.25, 0.3) is 5.91 Å². The van der Waals surface area contributed by atoms with Crippen LogP contribution in [-0.4, -0.2) is 30.7 Å². The van der Waals surface area contributed by atoms with Gasteiger partial charge in [-0.1, -0.05) is 29.8 Å². The van der Waals surface area contributed by atoms with Crippen molar-refractivity contribution in [1.82, 2.24) is 5.32 Å². The zero-order valence-corrected chi connectivity index (χ0v) is 15.9. The summed E-state index contributed by atoms with van der Waals surface area (Å²) < 4.78 is 5.09. The Morgan fingerprint density at radius 3 is 2.50 bits per heavy atom. The van der Waals surface area contributed by atoms with Gasteiger partial charge in [-0.25, -0.2) is 9.69 Å². The van der Waals surface area contributed by atoms with E-state index in [1.54, 1.807) is 31.2 Å². The van der Waals surface area contributed by atoms with Gasteiger partial charge in [0.05, 0.1) is 19.3 Å². The quantitative estimate of drug-likeness (QED) is 0.639. The molecule has 4 amide bonds. The first-order valence-corrected chi connectivity index (χ1v) is 8.80. The molecular weight excluding hydrogens is 358 g/mol. The second-order valence-corrected chi connectivity index (χ2v) is 6.55. The topological polar surface area (TPSA) is 88.1 Å². The lowest BCUT2D eigenvalue weighted by Gasteiger charge is -2.30. The van der Waals surface area contributed by atoms with Crippen LogP contribution in [0, 0.1) is 12.8 Å². The lowest BCUT2D eigenvalue weighted by molar-refractivity contribution is -0.131. The standard InChI is InChI=1S/C21H21N3O4/c1-13-5-4-6-15(11-13)12-22-14(2)18-19(25)23-21(27)24(20(18)26)16-7-9-17(28-3)10-8-16/h4-11,18H,12H2,1-3H3,(H,23,25,27). The van der Waals surface area contributed by atoms with Crippen LogP contribution in [0.2, 0.25) is 0 Å². The molecule has 0 radical (unpaired) electrons. The van der Waals surface area contributed by atoms with Gasteiger partial charge in [0.1, 0.15) is 5.75 Å².